The highest BCUT2D eigenvalue weighted by Crippen LogP contribution is 2.33. The molecule has 0 aliphatic rings. The predicted molar refractivity (Wildman–Crippen MR) is 75.5 cm³/mol. The van der Waals surface area contributed by atoms with E-state index in [9.17, 15) is 0 Å². The molecule has 0 radical (unpaired) electrons. The van der Waals surface area contributed by atoms with Gasteiger partial charge < -0.3 is 0 Å². The molecule has 0 aliphatic carbocycles. The second kappa shape index (κ2) is 4.70. The van der Waals surface area contributed by atoms with E-state index in [1.54, 1.807) is 16.8 Å². The first-order valence-corrected chi connectivity index (χ1v) is 6.66. The molecule has 0 unspecified atom stereocenters. The highest BCUT2D eigenvalue weighted by atomic mass is 32.1. The Labute approximate surface area is 110 Å². The Hall–Kier alpha value is -2.00. The molecule has 88 valence electrons. The largest absolute Gasteiger partial charge is 0.148 e. The monoisotopic (exact) mass is 252 g/mol. The molecular formula is C15H12N2S. The molecule has 0 aliphatic heterocycles. The fraction of sp³-hybridized carbons (Fsp3) is 0.0667. The molecule has 1 aromatic heterocycles. The van der Waals surface area contributed by atoms with Crippen LogP contribution in [0.25, 0.3) is 21.7 Å². The number of aromatic nitrogens is 2. The van der Waals surface area contributed by atoms with Gasteiger partial charge in [-0.1, -0.05) is 59.9 Å². The van der Waals surface area contributed by atoms with Gasteiger partial charge >= 0.3 is 0 Å². The van der Waals surface area contributed by atoms with Gasteiger partial charge in [-0.15, -0.1) is 10.2 Å². The van der Waals surface area contributed by atoms with Gasteiger partial charge in [0.15, 0.2) is 0 Å². The van der Waals surface area contributed by atoms with Gasteiger partial charge in [0.1, 0.15) is 10.5 Å². The van der Waals surface area contributed by atoms with Crippen molar-refractivity contribution in [2.45, 2.75) is 6.92 Å². The second-order valence-corrected chi connectivity index (χ2v) is 4.94. The lowest BCUT2D eigenvalue weighted by molar-refractivity contribution is 1.10. The fourth-order valence-electron chi connectivity index (χ4n) is 2.07. The van der Waals surface area contributed by atoms with Crippen LogP contribution in [0.1, 0.15) is 5.56 Å². The number of nitrogens with zero attached hydrogens (tertiary/aromatic N) is 2. The van der Waals surface area contributed by atoms with Crippen LogP contribution in [0.5, 0.6) is 0 Å². The predicted octanol–water partition coefficient (Wildman–Crippen LogP) is 4.18. The van der Waals surface area contributed by atoms with Crippen molar-refractivity contribution >= 4 is 11.3 Å². The van der Waals surface area contributed by atoms with E-state index in [2.05, 4.69) is 59.6 Å². The van der Waals surface area contributed by atoms with Crippen LogP contribution >= 0.6 is 11.3 Å². The summed E-state index contributed by atoms with van der Waals surface area (Å²) < 4.78 is 0. The van der Waals surface area contributed by atoms with E-state index < -0.39 is 0 Å². The normalized spacial score (nSPS) is 10.5. The van der Waals surface area contributed by atoms with E-state index in [4.69, 9.17) is 0 Å². The topological polar surface area (TPSA) is 25.8 Å². The summed E-state index contributed by atoms with van der Waals surface area (Å²) >= 11 is 1.57. The zero-order valence-electron chi connectivity index (χ0n) is 10.00. The van der Waals surface area contributed by atoms with Gasteiger partial charge in [-0.3, -0.25) is 0 Å². The van der Waals surface area contributed by atoms with Gasteiger partial charge in [0.2, 0.25) is 0 Å². The van der Waals surface area contributed by atoms with Gasteiger partial charge in [0.25, 0.3) is 0 Å². The maximum atomic E-state index is 4.17. The summed E-state index contributed by atoms with van der Waals surface area (Å²) in [6.45, 7) is 2.13. The molecule has 0 fully saturated rings. The molecule has 1 heterocycles. The van der Waals surface area contributed by atoms with Crippen LogP contribution in [-0.2, 0) is 0 Å². The van der Waals surface area contributed by atoms with Gasteiger partial charge in [0.05, 0.1) is 0 Å². The fourth-order valence-corrected chi connectivity index (χ4v) is 2.66. The average Bonchev–Trinajstić information content (AvgIpc) is 2.93. The maximum absolute atomic E-state index is 4.17. The van der Waals surface area contributed by atoms with E-state index in [0.29, 0.717) is 0 Å². The summed E-state index contributed by atoms with van der Waals surface area (Å²) in [7, 11) is 0. The SMILES string of the molecule is Cc1ccccc1-c1ccccc1-c1nncs1. The van der Waals surface area contributed by atoms with Crippen molar-refractivity contribution in [2.75, 3.05) is 0 Å². The number of hydrogen-bond donors (Lipinski definition) is 0. The molecule has 0 amide bonds. The van der Waals surface area contributed by atoms with Crippen LogP contribution in [0.15, 0.2) is 54.0 Å². The van der Waals surface area contributed by atoms with Crippen molar-refractivity contribution in [3.63, 3.8) is 0 Å². The van der Waals surface area contributed by atoms with Crippen LogP contribution in [-0.4, -0.2) is 10.2 Å². The molecule has 2 aromatic carbocycles. The Bertz CT molecular complexity index is 660. The van der Waals surface area contributed by atoms with Gasteiger partial charge in [-0.25, -0.2) is 0 Å². The lowest BCUT2D eigenvalue weighted by atomic mass is 9.96. The lowest BCUT2D eigenvalue weighted by Crippen LogP contribution is -1.87. The zero-order valence-corrected chi connectivity index (χ0v) is 10.8. The van der Waals surface area contributed by atoms with Gasteiger partial charge in [-0.2, -0.15) is 0 Å². The Morgan fingerprint density at radius 3 is 2.17 bits per heavy atom. The van der Waals surface area contributed by atoms with Crippen molar-refractivity contribution in [3.05, 3.63) is 59.6 Å². The maximum Gasteiger partial charge on any atom is 0.148 e. The minimum Gasteiger partial charge on any atom is -0.147 e. The Kier molecular flexibility index (Phi) is 2.90. The molecule has 3 heteroatoms. The smallest absolute Gasteiger partial charge is 0.147 e. The van der Waals surface area contributed by atoms with Crippen LogP contribution < -0.4 is 0 Å². The molecule has 0 N–H and O–H groups in total. The Morgan fingerprint density at radius 1 is 0.833 bits per heavy atom. The third kappa shape index (κ3) is 1.93. The van der Waals surface area contributed by atoms with Crippen molar-refractivity contribution in [2.24, 2.45) is 0 Å². The van der Waals surface area contributed by atoms with Crippen LogP contribution in [0, 0.1) is 6.92 Å². The minimum absolute atomic E-state index is 0.967. The van der Waals surface area contributed by atoms with Crippen molar-refractivity contribution in [3.8, 4) is 21.7 Å². The summed E-state index contributed by atoms with van der Waals surface area (Å²) in [4.78, 5) is 0. The minimum atomic E-state index is 0.967. The summed E-state index contributed by atoms with van der Waals surface area (Å²) in [5.41, 5.74) is 6.66. The average molecular weight is 252 g/mol. The molecule has 2 nitrogen and oxygen atoms in total. The second-order valence-electron chi connectivity index (χ2n) is 4.10. The molecule has 0 spiro atoms. The number of aryl methyl sites for hydroxylation is 1. The molecule has 18 heavy (non-hydrogen) atoms. The van der Waals surface area contributed by atoms with Crippen molar-refractivity contribution < 1.29 is 0 Å². The van der Waals surface area contributed by atoms with Crippen molar-refractivity contribution in [1.82, 2.24) is 10.2 Å². The summed E-state index contributed by atoms with van der Waals surface area (Å²) in [5, 5.41) is 9.06. The first-order chi connectivity index (χ1) is 8.86. The van der Waals surface area contributed by atoms with E-state index in [1.165, 1.54) is 16.7 Å². The third-order valence-corrected chi connectivity index (χ3v) is 3.68. The van der Waals surface area contributed by atoms with Crippen molar-refractivity contribution in [1.29, 1.82) is 0 Å². The lowest BCUT2D eigenvalue weighted by Gasteiger charge is -2.09. The molecule has 0 saturated heterocycles. The molecule has 3 aromatic rings. The first kappa shape index (κ1) is 11.1. The zero-order chi connectivity index (χ0) is 12.4. The summed E-state index contributed by atoms with van der Waals surface area (Å²) in [6.07, 6.45) is 0. The molecule has 3 rings (SSSR count). The molecule has 0 bridgehead atoms. The van der Waals surface area contributed by atoms with E-state index in [1.807, 2.05) is 6.07 Å². The number of benzene rings is 2. The summed E-state index contributed by atoms with van der Waals surface area (Å²) in [6, 6.07) is 16.7. The van der Waals surface area contributed by atoms with Crippen LogP contribution in [0.2, 0.25) is 0 Å². The highest BCUT2D eigenvalue weighted by Gasteiger charge is 2.10. The third-order valence-electron chi connectivity index (χ3n) is 2.95. The molecule has 0 atom stereocenters. The number of rotatable bonds is 2. The van der Waals surface area contributed by atoms with Gasteiger partial charge in [0, 0.05) is 5.56 Å². The quantitative estimate of drug-likeness (QED) is 0.683. The van der Waals surface area contributed by atoms with Crippen LogP contribution in [0.3, 0.4) is 0 Å². The van der Waals surface area contributed by atoms with E-state index in [0.717, 1.165) is 10.6 Å². The highest BCUT2D eigenvalue weighted by molar-refractivity contribution is 7.12. The molecular weight excluding hydrogens is 240 g/mol. The Morgan fingerprint density at radius 2 is 1.50 bits per heavy atom. The molecule has 0 saturated carbocycles. The number of hydrogen-bond acceptors (Lipinski definition) is 3. The first-order valence-electron chi connectivity index (χ1n) is 5.78. The van der Waals surface area contributed by atoms with Gasteiger partial charge in [-0.05, 0) is 23.6 Å². The standard InChI is InChI=1S/C15H12N2S/c1-11-6-2-3-7-12(11)13-8-4-5-9-14(13)15-17-16-10-18-15/h2-10H,1H3. The summed E-state index contributed by atoms with van der Waals surface area (Å²) in [5.74, 6) is 0. The van der Waals surface area contributed by atoms with E-state index >= 15 is 0 Å². The van der Waals surface area contributed by atoms with Crippen LogP contribution in [0.4, 0.5) is 0 Å². The Balaban J connectivity index is 2.22. The van der Waals surface area contributed by atoms with E-state index in [-0.39, 0.29) is 0 Å².